The van der Waals surface area contributed by atoms with Gasteiger partial charge in [0, 0.05) is 31.1 Å². The van der Waals surface area contributed by atoms with Crippen molar-refractivity contribution in [1.82, 2.24) is 14.5 Å². The summed E-state index contributed by atoms with van der Waals surface area (Å²) in [6.45, 7) is 1.50. The van der Waals surface area contributed by atoms with Crippen LogP contribution >= 0.6 is 0 Å². The number of aliphatic hydroxyl groups is 1. The first-order valence-corrected chi connectivity index (χ1v) is 6.60. The molecule has 0 fully saturated rings. The minimum absolute atomic E-state index is 0.183. The molecule has 2 rings (SSSR count). The quantitative estimate of drug-likeness (QED) is 0.661. The summed E-state index contributed by atoms with van der Waals surface area (Å²) in [6, 6.07) is 3.88. The summed E-state index contributed by atoms with van der Waals surface area (Å²) >= 11 is 0. The van der Waals surface area contributed by atoms with Gasteiger partial charge in [-0.1, -0.05) is 0 Å². The van der Waals surface area contributed by atoms with Crippen molar-refractivity contribution in [2.75, 3.05) is 13.7 Å². The molecule has 2 aromatic rings. The molecule has 0 aliphatic carbocycles. The summed E-state index contributed by atoms with van der Waals surface area (Å²) in [7, 11) is 1.54. The van der Waals surface area contributed by atoms with Crippen LogP contribution < -0.4 is 0 Å². The zero-order valence-corrected chi connectivity index (χ0v) is 12.2. The van der Waals surface area contributed by atoms with Crippen LogP contribution in [0.25, 0.3) is 5.69 Å². The fourth-order valence-electron chi connectivity index (χ4n) is 1.95. The number of aliphatic hydroxyl groups excluding tert-OH is 1. The molecule has 1 unspecified atom stereocenters. The molecule has 0 bridgehead atoms. The Kier molecular flexibility index (Phi) is 4.52. The van der Waals surface area contributed by atoms with Crippen LogP contribution in [0, 0.1) is 10.1 Å². The van der Waals surface area contributed by atoms with E-state index in [0.717, 1.165) is 0 Å². The van der Waals surface area contributed by atoms with E-state index in [2.05, 4.69) is 4.98 Å². The van der Waals surface area contributed by atoms with Gasteiger partial charge in [-0.3, -0.25) is 14.9 Å². The van der Waals surface area contributed by atoms with Gasteiger partial charge in [0.2, 0.25) is 0 Å². The molecule has 1 N–H and O–H groups in total. The Morgan fingerprint density at radius 1 is 1.55 bits per heavy atom. The SMILES string of the molecule is CC(CO)N(C)C(=O)c1ccc(-n2ccnc2)c([N+](=O)[O-])c1. The molecule has 1 atom stereocenters. The Morgan fingerprint density at radius 3 is 2.82 bits per heavy atom. The van der Waals surface area contributed by atoms with Gasteiger partial charge in [-0.15, -0.1) is 0 Å². The summed E-state index contributed by atoms with van der Waals surface area (Å²) in [4.78, 5) is 28.2. The number of benzene rings is 1. The van der Waals surface area contributed by atoms with Gasteiger partial charge >= 0.3 is 0 Å². The van der Waals surface area contributed by atoms with Crippen LogP contribution in [0.2, 0.25) is 0 Å². The van der Waals surface area contributed by atoms with Gasteiger partial charge in [0.1, 0.15) is 5.69 Å². The highest BCUT2D eigenvalue weighted by atomic mass is 16.6. The average Bonchev–Trinajstić information content (AvgIpc) is 3.06. The minimum Gasteiger partial charge on any atom is -0.394 e. The first-order valence-electron chi connectivity index (χ1n) is 6.60. The second-order valence-electron chi connectivity index (χ2n) is 4.88. The van der Waals surface area contributed by atoms with Crippen molar-refractivity contribution in [1.29, 1.82) is 0 Å². The van der Waals surface area contributed by atoms with E-state index < -0.39 is 4.92 Å². The van der Waals surface area contributed by atoms with Crippen LogP contribution in [0.4, 0.5) is 5.69 Å². The molecular formula is C14H16N4O4. The fourth-order valence-corrected chi connectivity index (χ4v) is 1.95. The van der Waals surface area contributed by atoms with Gasteiger partial charge in [-0.05, 0) is 19.1 Å². The third-order valence-corrected chi connectivity index (χ3v) is 3.45. The number of rotatable bonds is 5. The fraction of sp³-hybridized carbons (Fsp3) is 0.286. The molecule has 1 heterocycles. The molecule has 1 aromatic carbocycles. The van der Waals surface area contributed by atoms with Crippen LogP contribution in [0.5, 0.6) is 0 Å². The average molecular weight is 304 g/mol. The second kappa shape index (κ2) is 6.35. The maximum absolute atomic E-state index is 12.3. The summed E-state index contributed by atoms with van der Waals surface area (Å²) in [5, 5.41) is 20.4. The lowest BCUT2D eigenvalue weighted by Gasteiger charge is -2.23. The molecule has 8 heteroatoms. The van der Waals surface area contributed by atoms with E-state index in [4.69, 9.17) is 5.11 Å². The van der Waals surface area contributed by atoms with E-state index in [1.54, 1.807) is 20.2 Å². The lowest BCUT2D eigenvalue weighted by Crippen LogP contribution is -2.37. The Labute approximate surface area is 126 Å². The van der Waals surface area contributed by atoms with E-state index in [-0.39, 0.29) is 29.8 Å². The molecule has 0 aliphatic rings. The molecule has 1 aromatic heterocycles. The normalized spacial score (nSPS) is 12.0. The van der Waals surface area contributed by atoms with Gasteiger partial charge < -0.3 is 14.6 Å². The highest BCUT2D eigenvalue weighted by Crippen LogP contribution is 2.25. The number of carbonyl (C=O) groups is 1. The van der Waals surface area contributed by atoms with Crippen molar-refractivity contribution in [3.8, 4) is 5.69 Å². The van der Waals surface area contributed by atoms with Crippen LogP contribution in [0.1, 0.15) is 17.3 Å². The van der Waals surface area contributed by atoms with E-state index in [9.17, 15) is 14.9 Å². The summed E-state index contributed by atoms with van der Waals surface area (Å²) < 4.78 is 1.51. The number of carbonyl (C=O) groups excluding carboxylic acids is 1. The lowest BCUT2D eigenvalue weighted by atomic mass is 10.1. The molecule has 8 nitrogen and oxygen atoms in total. The molecule has 22 heavy (non-hydrogen) atoms. The number of nitrogens with zero attached hydrogens (tertiary/aromatic N) is 4. The number of likely N-dealkylation sites (N-methyl/N-ethyl adjacent to an activating group) is 1. The number of nitro benzene ring substituents is 1. The molecule has 0 spiro atoms. The lowest BCUT2D eigenvalue weighted by molar-refractivity contribution is -0.384. The predicted molar refractivity (Wildman–Crippen MR) is 78.9 cm³/mol. The monoisotopic (exact) mass is 304 g/mol. The molecule has 0 saturated heterocycles. The van der Waals surface area contributed by atoms with Crippen LogP contribution in [-0.4, -0.2) is 50.1 Å². The molecule has 0 radical (unpaired) electrons. The van der Waals surface area contributed by atoms with Crippen molar-refractivity contribution >= 4 is 11.6 Å². The van der Waals surface area contributed by atoms with Crippen LogP contribution in [-0.2, 0) is 0 Å². The zero-order valence-electron chi connectivity index (χ0n) is 12.2. The van der Waals surface area contributed by atoms with Crippen molar-refractivity contribution in [2.45, 2.75) is 13.0 Å². The van der Waals surface area contributed by atoms with Gasteiger partial charge in [0.05, 0.1) is 23.9 Å². The Bertz CT molecular complexity index is 684. The third kappa shape index (κ3) is 2.96. The number of nitro groups is 1. The Balaban J connectivity index is 2.42. The molecule has 1 amide bonds. The van der Waals surface area contributed by atoms with Gasteiger partial charge in [-0.2, -0.15) is 0 Å². The summed E-state index contributed by atoms with van der Waals surface area (Å²) in [5.41, 5.74) is 0.337. The van der Waals surface area contributed by atoms with E-state index in [1.807, 2.05) is 0 Å². The molecule has 0 saturated carbocycles. The topological polar surface area (TPSA) is 102 Å². The van der Waals surface area contributed by atoms with Gasteiger partial charge in [0.25, 0.3) is 11.6 Å². The largest absolute Gasteiger partial charge is 0.394 e. The standard InChI is InChI=1S/C14H16N4O4/c1-10(8-19)16(2)14(20)11-3-4-12(13(7-11)18(21)22)17-6-5-15-9-17/h3-7,9-10,19H,8H2,1-2H3. The van der Waals surface area contributed by atoms with Gasteiger partial charge in [-0.25, -0.2) is 4.98 Å². The van der Waals surface area contributed by atoms with Crippen LogP contribution in [0.3, 0.4) is 0 Å². The first-order chi connectivity index (χ1) is 10.5. The molecule has 116 valence electrons. The predicted octanol–water partition coefficient (Wildman–Crippen LogP) is 1.23. The highest BCUT2D eigenvalue weighted by Gasteiger charge is 2.22. The van der Waals surface area contributed by atoms with Crippen molar-refractivity contribution in [2.24, 2.45) is 0 Å². The van der Waals surface area contributed by atoms with E-state index >= 15 is 0 Å². The van der Waals surface area contributed by atoms with E-state index in [1.165, 1.54) is 40.2 Å². The molecule has 0 aliphatic heterocycles. The smallest absolute Gasteiger partial charge is 0.294 e. The number of imidazole rings is 1. The molecular weight excluding hydrogens is 288 g/mol. The summed E-state index contributed by atoms with van der Waals surface area (Å²) in [5.74, 6) is -0.387. The maximum Gasteiger partial charge on any atom is 0.294 e. The Hall–Kier alpha value is -2.74. The van der Waals surface area contributed by atoms with Gasteiger partial charge in [0.15, 0.2) is 0 Å². The van der Waals surface area contributed by atoms with Crippen molar-refractivity contribution < 1.29 is 14.8 Å². The Morgan fingerprint density at radius 2 is 2.27 bits per heavy atom. The number of hydrogen-bond donors (Lipinski definition) is 1. The third-order valence-electron chi connectivity index (χ3n) is 3.45. The zero-order chi connectivity index (χ0) is 16.3. The van der Waals surface area contributed by atoms with E-state index in [0.29, 0.717) is 5.69 Å². The van der Waals surface area contributed by atoms with Crippen molar-refractivity contribution in [3.05, 3.63) is 52.6 Å². The minimum atomic E-state index is -0.540. The number of aromatic nitrogens is 2. The maximum atomic E-state index is 12.3. The second-order valence-corrected chi connectivity index (χ2v) is 4.88. The number of amides is 1. The first kappa shape index (κ1) is 15.6. The van der Waals surface area contributed by atoms with Crippen LogP contribution in [0.15, 0.2) is 36.9 Å². The summed E-state index contributed by atoms with van der Waals surface area (Å²) in [6.07, 6.45) is 4.55. The highest BCUT2D eigenvalue weighted by molar-refractivity contribution is 5.95. The number of hydrogen-bond acceptors (Lipinski definition) is 5. The van der Waals surface area contributed by atoms with Crippen molar-refractivity contribution in [3.63, 3.8) is 0 Å².